The van der Waals surface area contributed by atoms with Gasteiger partial charge in [0.1, 0.15) is 5.75 Å². The zero-order chi connectivity index (χ0) is 23.3. The fourth-order valence-electron chi connectivity index (χ4n) is 3.84. The average molecular weight is 469 g/mol. The minimum atomic E-state index is -3.77. The van der Waals surface area contributed by atoms with Crippen LogP contribution in [-0.2, 0) is 17.8 Å². The van der Waals surface area contributed by atoms with E-state index in [0.717, 1.165) is 13.0 Å². The third-order valence-corrected chi connectivity index (χ3v) is 5.37. The molecule has 0 spiro atoms. The van der Waals surface area contributed by atoms with Crippen molar-refractivity contribution in [2.45, 2.75) is 31.4 Å². The minimum absolute atomic E-state index is 0.0834. The quantitative estimate of drug-likeness (QED) is 0.274. The molecule has 4 rings (SSSR count). The molecule has 0 saturated carbocycles. The van der Waals surface area contributed by atoms with E-state index in [4.69, 9.17) is 11.6 Å². The Morgan fingerprint density at radius 3 is 2.39 bits per heavy atom. The van der Waals surface area contributed by atoms with E-state index >= 15 is 0 Å². The van der Waals surface area contributed by atoms with Crippen molar-refractivity contribution in [1.29, 1.82) is 0 Å². The molecule has 0 unspecified atom stereocenters. The van der Waals surface area contributed by atoms with E-state index in [0.29, 0.717) is 18.5 Å². The second kappa shape index (κ2) is 10.0. The molecule has 0 bridgehead atoms. The van der Waals surface area contributed by atoms with Gasteiger partial charge in [0.25, 0.3) is 0 Å². The number of rotatable bonds is 9. The lowest BCUT2D eigenvalue weighted by atomic mass is 10.1. The van der Waals surface area contributed by atoms with Crippen molar-refractivity contribution in [2.24, 2.45) is 0 Å². The van der Waals surface area contributed by atoms with Crippen LogP contribution in [0.1, 0.15) is 24.0 Å². The Kier molecular flexibility index (Phi) is 6.94. The smallest absolute Gasteiger partial charge is 0.420 e. The fourth-order valence-corrected chi connectivity index (χ4v) is 3.92. The molecule has 170 valence electrons. The molecule has 7 heteroatoms. The molecule has 4 aromatic rings. The van der Waals surface area contributed by atoms with Crippen LogP contribution in [0.2, 0.25) is 0 Å². The number of para-hydroxylation sites is 1. The Bertz CT molecular complexity index is 1220. The Hall–Kier alpha value is -3.38. The normalized spacial score (nSPS) is 11.5. The first-order valence-corrected chi connectivity index (χ1v) is 11.0. The van der Waals surface area contributed by atoms with Crippen LogP contribution in [0.25, 0.3) is 10.9 Å². The summed E-state index contributed by atoms with van der Waals surface area (Å²) >= 11 is 4.75. The third-order valence-electron chi connectivity index (χ3n) is 5.29. The van der Waals surface area contributed by atoms with Crippen LogP contribution in [0, 0.1) is 0 Å². The first kappa shape index (κ1) is 22.8. The number of hydrogen-bond donors (Lipinski definition) is 1. The van der Waals surface area contributed by atoms with Crippen molar-refractivity contribution in [3.8, 4) is 5.75 Å². The molecular weight excluding hydrogens is 446 g/mol. The maximum Gasteiger partial charge on any atom is 0.487 e. The van der Waals surface area contributed by atoms with Crippen molar-refractivity contribution in [3.63, 3.8) is 0 Å². The number of aromatic nitrogens is 1. The predicted molar refractivity (Wildman–Crippen MR) is 127 cm³/mol. The van der Waals surface area contributed by atoms with Crippen LogP contribution in [0.4, 0.5) is 14.5 Å². The summed E-state index contributed by atoms with van der Waals surface area (Å²) in [6.45, 7) is 0.789. The monoisotopic (exact) mass is 468 g/mol. The zero-order valence-electron chi connectivity index (χ0n) is 17.8. The van der Waals surface area contributed by atoms with Gasteiger partial charge in [-0.25, -0.2) is 0 Å². The van der Waals surface area contributed by atoms with Crippen molar-refractivity contribution < 1.29 is 18.3 Å². The van der Waals surface area contributed by atoms with Crippen LogP contribution in [0.5, 0.6) is 5.75 Å². The van der Waals surface area contributed by atoms with E-state index in [9.17, 15) is 13.6 Å². The van der Waals surface area contributed by atoms with Crippen LogP contribution in [0.15, 0.2) is 85.1 Å². The van der Waals surface area contributed by atoms with E-state index in [-0.39, 0.29) is 11.7 Å². The van der Waals surface area contributed by atoms with Gasteiger partial charge < -0.3 is 14.6 Å². The zero-order valence-corrected chi connectivity index (χ0v) is 18.6. The van der Waals surface area contributed by atoms with Crippen molar-refractivity contribution in [3.05, 3.63) is 96.2 Å². The van der Waals surface area contributed by atoms with E-state index in [1.54, 1.807) is 0 Å². The number of aryl methyl sites for hydroxylation is 1. The van der Waals surface area contributed by atoms with Gasteiger partial charge in [-0.15, -0.1) is 8.78 Å². The summed E-state index contributed by atoms with van der Waals surface area (Å²) in [5.74, 6) is -0.223. The highest BCUT2D eigenvalue weighted by atomic mass is 35.5. The Labute approximate surface area is 195 Å². The van der Waals surface area contributed by atoms with Crippen molar-refractivity contribution in [1.82, 2.24) is 4.57 Å². The molecule has 0 aliphatic carbocycles. The number of alkyl halides is 3. The van der Waals surface area contributed by atoms with Gasteiger partial charge in [0.05, 0.1) is 0 Å². The molecule has 33 heavy (non-hydrogen) atoms. The summed E-state index contributed by atoms with van der Waals surface area (Å²) in [5.41, 5.74) is 0.346. The predicted octanol–water partition coefficient (Wildman–Crippen LogP) is 6.82. The van der Waals surface area contributed by atoms with Gasteiger partial charge in [0.2, 0.25) is 5.91 Å². The molecule has 1 aromatic heterocycles. The van der Waals surface area contributed by atoms with E-state index < -0.39 is 5.57 Å². The molecule has 0 aliphatic rings. The summed E-state index contributed by atoms with van der Waals surface area (Å²) in [4.78, 5) is 12.3. The lowest BCUT2D eigenvalue weighted by Crippen LogP contribution is -2.15. The number of fused-ring (bicyclic) bond motifs is 1. The molecule has 0 radical (unpaired) electrons. The second-order valence-corrected chi connectivity index (χ2v) is 8.20. The molecular formula is C26H23ClF2N2O2. The van der Waals surface area contributed by atoms with Gasteiger partial charge in [-0.2, -0.15) is 0 Å². The molecule has 3 aromatic carbocycles. The number of nitrogens with one attached hydrogen (secondary N) is 1. The van der Waals surface area contributed by atoms with Gasteiger partial charge >= 0.3 is 5.57 Å². The highest BCUT2D eigenvalue weighted by Gasteiger charge is 2.27. The number of hydrogen-bond acceptors (Lipinski definition) is 2. The summed E-state index contributed by atoms with van der Waals surface area (Å²) in [6.07, 6.45) is 3.97. The molecule has 0 fully saturated rings. The molecule has 4 nitrogen and oxygen atoms in total. The highest BCUT2D eigenvalue weighted by molar-refractivity contribution is 6.20. The molecule has 0 atom stereocenters. The Morgan fingerprint density at radius 2 is 1.67 bits per heavy atom. The van der Waals surface area contributed by atoms with Gasteiger partial charge in [-0.05, 0) is 54.3 Å². The Balaban J connectivity index is 1.34. The first-order chi connectivity index (χ1) is 15.9. The van der Waals surface area contributed by atoms with Crippen LogP contribution < -0.4 is 10.1 Å². The lowest BCUT2D eigenvalue weighted by molar-refractivity contribution is -0.116. The van der Waals surface area contributed by atoms with E-state index in [1.807, 2.05) is 30.3 Å². The number of carbonyl (C=O) groups excluding carboxylic acids is 1. The molecule has 1 amide bonds. The van der Waals surface area contributed by atoms with Gasteiger partial charge in [-0.3, -0.25) is 4.79 Å². The van der Waals surface area contributed by atoms with Crippen molar-refractivity contribution in [2.75, 3.05) is 5.32 Å². The van der Waals surface area contributed by atoms with Crippen LogP contribution >= 0.6 is 11.6 Å². The summed E-state index contributed by atoms with van der Waals surface area (Å²) in [7, 11) is 0. The van der Waals surface area contributed by atoms with Gasteiger partial charge in [0.15, 0.2) is 0 Å². The molecule has 0 saturated heterocycles. The largest absolute Gasteiger partial charge is 0.487 e. The number of halogens is 3. The van der Waals surface area contributed by atoms with E-state index in [1.165, 1.54) is 46.3 Å². The lowest BCUT2D eigenvalue weighted by Gasteiger charge is -2.11. The number of nitrogens with zero attached hydrogens (tertiary/aromatic N) is 1. The van der Waals surface area contributed by atoms with Crippen LogP contribution in [0.3, 0.4) is 0 Å². The average Bonchev–Trinajstić information content (AvgIpc) is 3.12. The maximum atomic E-state index is 12.7. The standard InChI is InChI=1S/C26H23ClF2N2O2/c27-26(28,29)33-22-15-13-21(14-16-22)30-25(32)12-6-9-20-18-31(17-19-7-2-1-3-8-19)24-11-5-4-10-23(20)24/h1-5,7-8,10-11,13-16,18H,6,9,12,17H2,(H,30,32). The number of carbonyl (C=O) groups is 1. The minimum Gasteiger partial charge on any atom is -0.420 e. The molecule has 1 N–H and O–H groups in total. The van der Waals surface area contributed by atoms with E-state index in [2.05, 4.69) is 45.1 Å². The summed E-state index contributed by atoms with van der Waals surface area (Å²) < 4.78 is 31.9. The van der Waals surface area contributed by atoms with Crippen molar-refractivity contribution >= 4 is 34.1 Å². The first-order valence-electron chi connectivity index (χ1n) is 10.6. The van der Waals surface area contributed by atoms with Gasteiger partial charge in [-0.1, -0.05) is 48.5 Å². The number of ether oxygens (including phenoxy) is 1. The number of benzene rings is 3. The topological polar surface area (TPSA) is 43.3 Å². The fraction of sp³-hybridized carbons (Fsp3) is 0.192. The van der Waals surface area contributed by atoms with Crippen LogP contribution in [-0.4, -0.2) is 16.0 Å². The molecule has 0 aliphatic heterocycles. The third kappa shape index (κ3) is 6.33. The summed E-state index contributed by atoms with van der Waals surface area (Å²) in [5, 5.41) is 3.97. The maximum absolute atomic E-state index is 12.7. The second-order valence-electron chi connectivity index (χ2n) is 7.76. The SMILES string of the molecule is O=C(CCCc1cn(Cc2ccccc2)c2ccccc12)Nc1ccc(OC(F)(F)Cl)cc1. The number of amides is 1. The van der Waals surface area contributed by atoms with Gasteiger partial charge in [0, 0.05) is 47.4 Å². The highest BCUT2D eigenvalue weighted by Crippen LogP contribution is 2.26. The summed E-state index contributed by atoms with van der Waals surface area (Å²) in [6, 6.07) is 24.2. The molecule has 1 heterocycles. The Morgan fingerprint density at radius 1 is 0.970 bits per heavy atom. The number of anilines is 1.